The van der Waals surface area contributed by atoms with E-state index in [1.165, 1.54) is 30.6 Å². The highest BCUT2D eigenvalue weighted by Gasteiger charge is 2.07. The number of nitrogens with two attached hydrogens (primary N) is 1. The fraction of sp³-hybridized carbons (Fsp3) is 0.190. The first-order valence-corrected chi connectivity index (χ1v) is 13.9. The molecule has 0 radical (unpaired) electrons. The number of hydrogen-bond acceptors (Lipinski definition) is 11. The lowest BCUT2D eigenvalue weighted by atomic mass is 10.3. The minimum Gasteiger partial charge on any atom is -0.400 e. The smallest absolute Gasteiger partial charge is 0.192 e. The largest absolute Gasteiger partial charge is 0.400 e. The molecule has 0 atom stereocenters. The summed E-state index contributed by atoms with van der Waals surface area (Å²) in [6, 6.07) is 13.0. The Morgan fingerprint density at radius 1 is 0.829 bits per heavy atom. The third-order valence-electron chi connectivity index (χ3n) is 3.53. The predicted octanol–water partition coefficient (Wildman–Crippen LogP) is 1.62. The molecule has 0 saturated heterocycles. The van der Waals surface area contributed by atoms with Crippen LogP contribution in [0.1, 0.15) is 17.0 Å². The van der Waals surface area contributed by atoms with Gasteiger partial charge in [-0.05, 0) is 51.8 Å². The van der Waals surface area contributed by atoms with Crippen LogP contribution in [-0.4, -0.2) is 56.5 Å². The fourth-order valence-corrected chi connectivity index (χ4v) is 3.21. The molecular formula is C21H23BrN6O5S2. The third kappa shape index (κ3) is 12.7. The number of rotatable bonds is 3. The Morgan fingerprint density at radius 3 is 1.69 bits per heavy atom. The molecule has 186 valence electrons. The van der Waals surface area contributed by atoms with E-state index in [1.807, 2.05) is 6.07 Å². The van der Waals surface area contributed by atoms with Gasteiger partial charge < -0.3 is 10.8 Å². The zero-order valence-electron chi connectivity index (χ0n) is 19.0. The number of aliphatic hydroxyl groups is 1. The third-order valence-corrected chi connectivity index (χ3v) is 6.10. The topological polar surface area (TPSA) is 201 Å². The highest BCUT2D eigenvalue weighted by molar-refractivity contribution is 9.10. The van der Waals surface area contributed by atoms with Gasteiger partial charge in [0.2, 0.25) is 0 Å². The molecule has 0 amide bonds. The number of aliphatic hydroxyl groups excluding tert-OH is 1. The highest BCUT2D eigenvalue weighted by atomic mass is 79.9. The predicted molar refractivity (Wildman–Crippen MR) is 132 cm³/mol. The molecule has 3 aromatic rings. The molecular weight excluding hydrogens is 560 g/mol. The maximum absolute atomic E-state index is 10.9. The van der Waals surface area contributed by atoms with Crippen LogP contribution in [0.5, 0.6) is 0 Å². The van der Waals surface area contributed by atoms with Crippen molar-refractivity contribution in [3.8, 4) is 12.1 Å². The Hall–Kier alpha value is -3.27. The molecule has 0 spiro atoms. The van der Waals surface area contributed by atoms with Crippen LogP contribution < -0.4 is 5.73 Å². The van der Waals surface area contributed by atoms with Gasteiger partial charge in [0.15, 0.2) is 24.7 Å². The summed E-state index contributed by atoms with van der Waals surface area (Å²) in [5.41, 5.74) is 6.79. The second-order valence-corrected chi connectivity index (χ2v) is 11.1. The lowest BCUT2D eigenvalue weighted by molar-refractivity contribution is 0.399. The summed E-state index contributed by atoms with van der Waals surface area (Å²) in [6.45, 7) is 0.372. The molecule has 0 saturated carbocycles. The lowest BCUT2D eigenvalue weighted by Crippen LogP contribution is -2.02. The van der Waals surface area contributed by atoms with Crippen molar-refractivity contribution in [2.75, 3.05) is 19.6 Å². The number of nitrogens with zero attached hydrogens (tertiary/aromatic N) is 5. The molecule has 0 bridgehead atoms. The molecule has 14 heteroatoms. The van der Waals surface area contributed by atoms with Crippen LogP contribution >= 0.6 is 15.9 Å². The van der Waals surface area contributed by atoms with Gasteiger partial charge in [-0.25, -0.2) is 31.8 Å². The molecule has 3 rings (SSSR count). The van der Waals surface area contributed by atoms with E-state index in [0.29, 0.717) is 12.2 Å². The van der Waals surface area contributed by atoms with Crippen molar-refractivity contribution in [1.82, 2.24) is 15.0 Å². The highest BCUT2D eigenvalue weighted by Crippen LogP contribution is 2.07. The molecule has 0 aliphatic carbocycles. The van der Waals surface area contributed by atoms with Crippen LogP contribution in [0.3, 0.4) is 0 Å². The van der Waals surface area contributed by atoms with Gasteiger partial charge >= 0.3 is 0 Å². The van der Waals surface area contributed by atoms with E-state index >= 15 is 0 Å². The summed E-state index contributed by atoms with van der Waals surface area (Å²) in [5.74, 6) is 0. The van der Waals surface area contributed by atoms with Gasteiger partial charge in [0, 0.05) is 49.2 Å². The Labute approximate surface area is 212 Å². The van der Waals surface area contributed by atoms with E-state index < -0.39 is 19.7 Å². The molecule has 11 nitrogen and oxygen atoms in total. The second kappa shape index (κ2) is 15.6. The van der Waals surface area contributed by atoms with E-state index in [0.717, 1.165) is 29.7 Å². The molecule has 0 unspecified atom stereocenters. The van der Waals surface area contributed by atoms with Crippen LogP contribution in [0.25, 0.3) is 0 Å². The minimum absolute atomic E-state index is 0.0831. The Morgan fingerprint density at radius 2 is 1.37 bits per heavy atom. The number of aromatic nitrogens is 3. The van der Waals surface area contributed by atoms with Gasteiger partial charge in [0.1, 0.15) is 23.5 Å². The van der Waals surface area contributed by atoms with Gasteiger partial charge in [0.25, 0.3) is 0 Å². The van der Waals surface area contributed by atoms with Gasteiger partial charge in [0.05, 0.1) is 4.90 Å². The van der Waals surface area contributed by atoms with Crippen molar-refractivity contribution < 1.29 is 21.9 Å². The van der Waals surface area contributed by atoms with Gasteiger partial charge in [-0.3, -0.25) is 0 Å². The molecule has 3 heterocycles. The average Bonchev–Trinajstić information content (AvgIpc) is 2.85. The second-order valence-electron chi connectivity index (χ2n) is 6.22. The summed E-state index contributed by atoms with van der Waals surface area (Å²) < 4.78 is 44.6. The first-order valence-electron chi connectivity index (χ1n) is 9.28. The maximum atomic E-state index is 10.9. The van der Waals surface area contributed by atoms with E-state index in [2.05, 4.69) is 30.9 Å². The summed E-state index contributed by atoms with van der Waals surface area (Å²) in [4.78, 5) is 11.3. The monoisotopic (exact) mass is 582 g/mol. The van der Waals surface area contributed by atoms with Gasteiger partial charge in [-0.15, -0.1) is 0 Å². The number of hydrogen-bond donors (Lipinski definition) is 2. The van der Waals surface area contributed by atoms with E-state index in [9.17, 15) is 16.8 Å². The van der Waals surface area contributed by atoms with Gasteiger partial charge in [-0.1, -0.05) is 6.07 Å². The summed E-state index contributed by atoms with van der Waals surface area (Å²) in [6.07, 6.45) is 6.45. The van der Waals surface area contributed by atoms with Crippen molar-refractivity contribution in [1.29, 1.82) is 10.5 Å². The standard InChI is InChI=1S/C7H6N2O2S.C7H10N2O2S.C6H3BrN2.CH4O/c1-12(10,11)7-3-2-6(4-8)9-5-7;1-12(10,11)7-3-2-6(4-8)5-9-7;7-5-1-2-6(3-8)9-4-5;1-2/h2-3,5H,1H3;2-3,5H,4,8H2,1H3;1-2,4H;2H,1H3. The summed E-state index contributed by atoms with van der Waals surface area (Å²) in [5, 5.41) is 23.8. The zero-order valence-corrected chi connectivity index (χ0v) is 22.2. The van der Waals surface area contributed by atoms with Crippen LogP contribution in [0.4, 0.5) is 0 Å². The van der Waals surface area contributed by atoms with Crippen LogP contribution in [0.15, 0.2) is 69.4 Å². The van der Waals surface area contributed by atoms with Crippen LogP contribution in [0.2, 0.25) is 0 Å². The van der Waals surface area contributed by atoms with Crippen molar-refractivity contribution in [3.63, 3.8) is 0 Å². The normalized spacial score (nSPS) is 9.94. The Bertz CT molecular complexity index is 1350. The van der Waals surface area contributed by atoms with Crippen molar-refractivity contribution in [2.45, 2.75) is 16.5 Å². The molecule has 0 aromatic carbocycles. The number of halogens is 1. The van der Waals surface area contributed by atoms with Gasteiger partial charge in [-0.2, -0.15) is 10.5 Å². The van der Waals surface area contributed by atoms with Crippen molar-refractivity contribution in [2.24, 2.45) is 5.73 Å². The molecule has 0 fully saturated rings. The number of nitriles is 2. The minimum atomic E-state index is -3.20. The quantitative estimate of drug-likeness (QED) is 0.454. The van der Waals surface area contributed by atoms with Crippen molar-refractivity contribution >= 4 is 35.6 Å². The van der Waals surface area contributed by atoms with E-state index in [-0.39, 0.29) is 15.6 Å². The first kappa shape index (κ1) is 31.7. The molecule has 0 aliphatic rings. The molecule has 3 N–H and O–H groups in total. The maximum Gasteiger partial charge on any atom is 0.192 e. The molecule has 0 aliphatic heterocycles. The van der Waals surface area contributed by atoms with Crippen LogP contribution in [-0.2, 0) is 26.2 Å². The molecule has 3 aromatic heterocycles. The fourth-order valence-electron chi connectivity index (χ4n) is 1.86. The first-order chi connectivity index (χ1) is 16.4. The molecule has 35 heavy (non-hydrogen) atoms. The van der Waals surface area contributed by atoms with Crippen molar-refractivity contribution in [3.05, 3.63) is 76.4 Å². The van der Waals surface area contributed by atoms with E-state index in [4.69, 9.17) is 21.4 Å². The number of pyridine rings is 3. The zero-order chi connectivity index (χ0) is 27.1. The summed E-state index contributed by atoms with van der Waals surface area (Å²) in [7, 11) is -5.38. The average molecular weight is 583 g/mol. The lowest BCUT2D eigenvalue weighted by Gasteiger charge is -1.98. The Balaban J connectivity index is 0.000000483. The van der Waals surface area contributed by atoms with E-state index in [1.54, 1.807) is 30.5 Å². The summed E-state index contributed by atoms with van der Waals surface area (Å²) >= 11 is 3.20. The SMILES string of the molecule is CO.CS(=O)(=O)c1ccc(C#N)nc1.CS(=O)(=O)c1ccc(CN)cn1.N#Cc1ccc(Br)cn1. The van der Waals surface area contributed by atoms with Crippen LogP contribution in [0, 0.1) is 22.7 Å². The Kier molecular flexibility index (Phi) is 14.1. The number of sulfone groups is 2.